The van der Waals surface area contributed by atoms with E-state index in [2.05, 4.69) is 4.98 Å². The Bertz CT molecular complexity index is 1060. The lowest BCUT2D eigenvalue weighted by Crippen LogP contribution is -2.38. The second-order valence-corrected chi connectivity index (χ2v) is 7.44. The molecule has 8 heteroatoms. The van der Waals surface area contributed by atoms with E-state index in [1.807, 2.05) is 19.9 Å². The van der Waals surface area contributed by atoms with Crippen molar-refractivity contribution in [2.24, 2.45) is 5.73 Å². The molecule has 0 radical (unpaired) electrons. The Morgan fingerprint density at radius 2 is 1.93 bits per heavy atom. The lowest BCUT2D eigenvalue weighted by atomic mass is 10.2. The highest BCUT2D eigenvalue weighted by molar-refractivity contribution is 7.18. The van der Waals surface area contributed by atoms with E-state index < -0.39 is 5.91 Å². The van der Waals surface area contributed by atoms with Crippen molar-refractivity contribution in [2.75, 3.05) is 11.4 Å². The number of anilines is 1. The summed E-state index contributed by atoms with van der Waals surface area (Å²) in [6.45, 7) is 3.81. The van der Waals surface area contributed by atoms with Crippen molar-refractivity contribution in [2.45, 2.75) is 26.8 Å². The number of thiophene rings is 1. The zero-order chi connectivity index (χ0) is 19.6. The fourth-order valence-electron chi connectivity index (χ4n) is 2.84. The summed E-state index contributed by atoms with van der Waals surface area (Å²) < 4.78 is 1.31. The molecule has 0 aliphatic rings. The van der Waals surface area contributed by atoms with Crippen LogP contribution in [0.4, 0.5) is 5.69 Å². The maximum Gasteiger partial charge on any atom is 0.262 e. The number of aromatic nitrogens is 2. The molecule has 2 heterocycles. The highest BCUT2D eigenvalue weighted by atomic mass is 32.1. The van der Waals surface area contributed by atoms with Gasteiger partial charge in [-0.25, -0.2) is 4.98 Å². The Morgan fingerprint density at radius 1 is 1.22 bits per heavy atom. The quantitative estimate of drug-likeness (QED) is 0.702. The van der Waals surface area contributed by atoms with Gasteiger partial charge in [-0.2, -0.15) is 0 Å². The van der Waals surface area contributed by atoms with Gasteiger partial charge in [0.05, 0.1) is 11.7 Å². The average molecular weight is 384 g/mol. The number of nitrogens with zero attached hydrogens (tertiary/aromatic N) is 3. The van der Waals surface area contributed by atoms with Crippen molar-refractivity contribution < 1.29 is 9.59 Å². The van der Waals surface area contributed by atoms with Gasteiger partial charge in [-0.1, -0.05) is 18.2 Å². The van der Waals surface area contributed by atoms with Crippen LogP contribution in [0.5, 0.6) is 0 Å². The summed E-state index contributed by atoms with van der Waals surface area (Å²) in [5.74, 6) is -0.802. The molecule has 0 unspecified atom stereocenters. The van der Waals surface area contributed by atoms with Gasteiger partial charge in [0.2, 0.25) is 11.8 Å². The molecule has 2 aromatic heterocycles. The summed E-state index contributed by atoms with van der Waals surface area (Å²) >= 11 is 1.46. The van der Waals surface area contributed by atoms with E-state index in [1.54, 1.807) is 24.3 Å². The van der Waals surface area contributed by atoms with Crippen molar-refractivity contribution in [3.05, 3.63) is 57.5 Å². The van der Waals surface area contributed by atoms with E-state index in [4.69, 9.17) is 5.73 Å². The number of fused-ring (bicyclic) bond motifs is 1. The molecule has 2 amide bonds. The highest BCUT2D eigenvalue weighted by Gasteiger charge is 2.19. The van der Waals surface area contributed by atoms with Crippen molar-refractivity contribution in [3.8, 4) is 0 Å². The van der Waals surface area contributed by atoms with Crippen LogP contribution in [0.3, 0.4) is 0 Å². The summed E-state index contributed by atoms with van der Waals surface area (Å²) in [5.41, 5.74) is 6.54. The third-order valence-corrected chi connectivity index (χ3v) is 5.53. The molecule has 3 aromatic rings. The number of hydrogen-bond acceptors (Lipinski definition) is 5. The fraction of sp³-hybridized carbons (Fsp3) is 0.263. The first-order valence-electron chi connectivity index (χ1n) is 8.47. The Kier molecular flexibility index (Phi) is 5.36. The standard InChI is InChI=1S/C19H20N4O3S/c1-12-13(2)27-18-17(12)19(26)22(11-21-18)10-16(25)23(9-8-15(20)24)14-6-4-3-5-7-14/h3-7,11H,8-10H2,1-2H3,(H2,20,24). The number of carbonyl (C=O) groups is 2. The number of carbonyl (C=O) groups excluding carboxylic acids is 2. The van der Waals surface area contributed by atoms with Gasteiger partial charge in [-0.15, -0.1) is 11.3 Å². The monoisotopic (exact) mass is 384 g/mol. The number of benzene rings is 1. The van der Waals surface area contributed by atoms with Crippen LogP contribution in [-0.2, 0) is 16.1 Å². The molecule has 0 spiro atoms. The highest BCUT2D eigenvalue weighted by Crippen LogP contribution is 2.25. The van der Waals surface area contributed by atoms with Crippen LogP contribution in [0, 0.1) is 13.8 Å². The Labute approximate surface area is 160 Å². The molecule has 0 aliphatic heterocycles. The van der Waals surface area contributed by atoms with Crippen LogP contribution < -0.4 is 16.2 Å². The van der Waals surface area contributed by atoms with Crippen LogP contribution in [0.15, 0.2) is 41.5 Å². The summed E-state index contributed by atoms with van der Waals surface area (Å²) in [7, 11) is 0. The number of aryl methyl sites for hydroxylation is 2. The Morgan fingerprint density at radius 3 is 2.59 bits per heavy atom. The van der Waals surface area contributed by atoms with Gasteiger partial charge in [0, 0.05) is 23.5 Å². The molecule has 0 saturated heterocycles. The minimum Gasteiger partial charge on any atom is -0.370 e. The Balaban J connectivity index is 1.92. The molecule has 0 saturated carbocycles. The molecule has 7 nitrogen and oxygen atoms in total. The van der Waals surface area contributed by atoms with E-state index in [0.717, 1.165) is 10.4 Å². The van der Waals surface area contributed by atoms with Gasteiger partial charge in [0.15, 0.2) is 0 Å². The number of hydrogen-bond donors (Lipinski definition) is 1. The van der Waals surface area contributed by atoms with Gasteiger partial charge in [-0.3, -0.25) is 19.0 Å². The van der Waals surface area contributed by atoms with E-state index in [-0.39, 0.29) is 31.0 Å². The summed E-state index contributed by atoms with van der Waals surface area (Å²) in [5, 5.41) is 0.552. The van der Waals surface area contributed by atoms with Crippen LogP contribution in [0.25, 0.3) is 10.2 Å². The predicted molar refractivity (Wildman–Crippen MR) is 106 cm³/mol. The zero-order valence-corrected chi connectivity index (χ0v) is 16.0. The summed E-state index contributed by atoms with van der Waals surface area (Å²) in [6, 6.07) is 8.99. The van der Waals surface area contributed by atoms with Gasteiger partial charge >= 0.3 is 0 Å². The molecule has 140 valence electrons. The number of amides is 2. The zero-order valence-electron chi connectivity index (χ0n) is 15.1. The second kappa shape index (κ2) is 7.71. The normalized spacial score (nSPS) is 10.9. The maximum absolute atomic E-state index is 12.9. The van der Waals surface area contributed by atoms with E-state index in [1.165, 1.54) is 27.1 Å². The van der Waals surface area contributed by atoms with E-state index in [0.29, 0.717) is 15.9 Å². The topological polar surface area (TPSA) is 98.3 Å². The molecule has 0 fully saturated rings. The van der Waals surface area contributed by atoms with Gasteiger partial charge in [0.25, 0.3) is 5.56 Å². The third kappa shape index (κ3) is 3.90. The van der Waals surface area contributed by atoms with Crippen LogP contribution >= 0.6 is 11.3 Å². The van der Waals surface area contributed by atoms with Gasteiger partial charge in [-0.05, 0) is 31.5 Å². The summed E-state index contributed by atoms with van der Waals surface area (Å²) in [4.78, 5) is 44.4. The first-order valence-corrected chi connectivity index (χ1v) is 9.29. The second-order valence-electron chi connectivity index (χ2n) is 6.24. The van der Waals surface area contributed by atoms with E-state index in [9.17, 15) is 14.4 Å². The Hall–Kier alpha value is -3.00. The molecule has 1 aromatic carbocycles. The smallest absolute Gasteiger partial charge is 0.262 e. The minimum atomic E-state index is -0.492. The first kappa shape index (κ1) is 18.8. The summed E-state index contributed by atoms with van der Waals surface area (Å²) in [6.07, 6.45) is 1.44. The van der Waals surface area contributed by atoms with E-state index >= 15 is 0 Å². The molecule has 0 atom stereocenters. The van der Waals surface area contributed by atoms with Crippen molar-refractivity contribution in [1.29, 1.82) is 0 Å². The van der Waals surface area contributed by atoms with Gasteiger partial charge < -0.3 is 10.6 Å². The predicted octanol–water partition coefficient (Wildman–Crippen LogP) is 1.98. The SMILES string of the molecule is Cc1sc2ncn(CC(=O)N(CCC(N)=O)c3ccccc3)c(=O)c2c1C. The van der Waals surface area contributed by atoms with Gasteiger partial charge in [0.1, 0.15) is 11.4 Å². The van der Waals surface area contributed by atoms with Crippen molar-refractivity contribution in [1.82, 2.24) is 9.55 Å². The molecular formula is C19H20N4O3S. The number of nitrogens with two attached hydrogens (primary N) is 1. The van der Waals surface area contributed by atoms with Crippen molar-refractivity contribution >= 4 is 39.1 Å². The molecule has 27 heavy (non-hydrogen) atoms. The third-order valence-electron chi connectivity index (χ3n) is 4.41. The van der Waals surface area contributed by atoms with Crippen LogP contribution in [0.2, 0.25) is 0 Å². The number of para-hydroxylation sites is 1. The van der Waals surface area contributed by atoms with Crippen molar-refractivity contribution in [3.63, 3.8) is 0 Å². The van der Waals surface area contributed by atoms with Crippen LogP contribution in [0.1, 0.15) is 16.9 Å². The molecular weight excluding hydrogens is 364 g/mol. The first-order chi connectivity index (χ1) is 12.9. The lowest BCUT2D eigenvalue weighted by Gasteiger charge is -2.22. The largest absolute Gasteiger partial charge is 0.370 e. The fourth-order valence-corrected chi connectivity index (χ4v) is 3.83. The van der Waals surface area contributed by atoms with Crippen LogP contribution in [-0.4, -0.2) is 27.9 Å². The minimum absolute atomic E-state index is 0.0374. The number of primary amides is 1. The molecule has 0 bridgehead atoms. The maximum atomic E-state index is 12.9. The molecule has 2 N–H and O–H groups in total. The lowest BCUT2D eigenvalue weighted by molar-refractivity contribution is -0.119. The average Bonchev–Trinajstić information content (AvgIpc) is 2.93. The molecule has 3 rings (SSSR count). The molecule has 0 aliphatic carbocycles. The number of rotatable bonds is 6.